The molecule has 25 heavy (non-hydrogen) atoms. The van der Waals surface area contributed by atoms with E-state index in [9.17, 15) is 13.6 Å². The van der Waals surface area contributed by atoms with Crippen molar-refractivity contribution < 1.29 is 23.0 Å². The molecular formula is C19H29F2NO3. The van der Waals surface area contributed by atoms with Gasteiger partial charge in [-0.05, 0) is 39.8 Å². The lowest BCUT2D eigenvalue weighted by atomic mass is 10.2. The van der Waals surface area contributed by atoms with E-state index in [2.05, 4.69) is 0 Å². The van der Waals surface area contributed by atoms with Crippen LogP contribution < -0.4 is 0 Å². The SMILES string of the molecule is CN(Cc1ccccc1)CC(F)(F)COCCCC(=O)OC(C)(C)C. The first-order valence-electron chi connectivity index (χ1n) is 8.47. The van der Waals surface area contributed by atoms with Crippen molar-refractivity contribution in [2.24, 2.45) is 0 Å². The molecule has 0 N–H and O–H groups in total. The maximum atomic E-state index is 13.9. The Balaban J connectivity index is 2.21. The average molecular weight is 357 g/mol. The summed E-state index contributed by atoms with van der Waals surface area (Å²) in [6, 6.07) is 9.47. The first-order chi connectivity index (χ1) is 11.6. The second kappa shape index (κ2) is 9.82. The molecule has 0 amide bonds. The van der Waals surface area contributed by atoms with Crippen molar-refractivity contribution in [2.45, 2.75) is 51.7 Å². The molecule has 142 valence electrons. The second-order valence-corrected chi connectivity index (χ2v) is 7.26. The quantitative estimate of drug-likeness (QED) is 0.470. The van der Waals surface area contributed by atoms with E-state index in [0.717, 1.165) is 5.56 Å². The van der Waals surface area contributed by atoms with Gasteiger partial charge in [0.15, 0.2) is 0 Å². The molecule has 1 aromatic rings. The van der Waals surface area contributed by atoms with Gasteiger partial charge in [-0.2, -0.15) is 0 Å². The predicted molar refractivity (Wildman–Crippen MR) is 93.6 cm³/mol. The van der Waals surface area contributed by atoms with E-state index in [1.165, 1.54) is 0 Å². The van der Waals surface area contributed by atoms with Crippen molar-refractivity contribution in [3.63, 3.8) is 0 Å². The highest BCUT2D eigenvalue weighted by Gasteiger charge is 2.31. The highest BCUT2D eigenvalue weighted by molar-refractivity contribution is 5.69. The molecule has 0 atom stereocenters. The van der Waals surface area contributed by atoms with Gasteiger partial charge in [0, 0.05) is 19.6 Å². The summed E-state index contributed by atoms with van der Waals surface area (Å²) in [7, 11) is 1.66. The Morgan fingerprint density at radius 2 is 1.80 bits per heavy atom. The summed E-state index contributed by atoms with van der Waals surface area (Å²) in [5.74, 6) is -3.28. The number of ether oxygens (including phenoxy) is 2. The van der Waals surface area contributed by atoms with E-state index in [1.54, 1.807) is 32.7 Å². The number of hydrogen-bond donors (Lipinski definition) is 0. The second-order valence-electron chi connectivity index (χ2n) is 7.26. The van der Waals surface area contributed by atoms with Crippen LogP contribution in [0.5, 0.6) is 0 Å². The Hall–Kier alpha value is -1.53. The summed E-state index contributed by atoms with van der Waals surface area (Å²) in [5.41, 5.74) is 0.452. The number of esters is 1. The number of rotatable bonds is 10. The molecule has 0 aliphatic rings. The molecule has 4 nitrogen and oxygen atoms in total. The molecule has 0 saturated heterocycles. The smallest absolute Gasteiger partial charge is 0.306 e. The van der Waals surface area contributed by atoms with Crippen LogP contribution in [0.4, 0.5) is 8.78 Å². The van der Waals surface area contributed by atoms with Gasteiger partial charge in [-0.1, -0.05) is 30.3 Å². The number of carbonyl (C=O) groups excluding carboxylic acids is 1. The Labute approximate surface area is 149 Å². The van der Waals surface area contributed by atoms with E-state index >= 15 is 0 Å². The molecule has 0 fully saturated rings. The normalized spacial score (nSPS) is 12.4. The van der Waals surface area contributed by atoms with E-state index in [-0.39, 0.29) is 25.5 Å². The minimum absolute atomic E-state index is 0.108. The number of carbonyl (C=O) groups is 1. The number of alkyl halides is 2. The molecule has 1 aromatic carbocycles. The van der Waals surface area contributed by atoms with Crippen LogP contribution in [0.25, 0.3) is 0 Å². The fourth-order valence-electron chi connectivity index (χ4n) is 2.32. The Bertz CT molecular complexity index is 515. The maximum absolute atomic E-state index is 13.9. The average Bonchev–Trinajstić information content (AvgIpc) is 2.45. The van der Waals surface area contributed by atoms with E-state index in [0.29, 0.717) is 13.0 Å². The topological polar surface area (TPSA) is 38.8 Å². The van der Waals surface area contributed by atoms with Gasteiger partial charge in [0.25, 0.3) is 5.92 Å². The standard InChI is InChI=1S/C19H29F2NO3/c1-18(2,3)25-17(23)11-8-12-24-15-19(20,21)14-22(4)13-16-9-6-5-7-10-16/h5-7,9-10H,8,11-15H2,1-4H3. The predicted octanol–water partition coefficient (Wildman–Crippen LogP) is 3.89. The molecule has 0 aliphatic heterocycles. The summed E-state index contributed by atoms with van der Waals surface area (Å²) in [6.45, 7) is 4.89. The highest BCUT2D eigenvalue weighted by atomic mass is 19.3. The van der Waals surface area contributed by atoms with Crippen molar-refractivity contribution in [3.05, 3.63) is 35.9 Å². The molecule has 0 unspecified atom stereocenters. The number of hydrogen-bond acceptors (Lipinski definition) is 4. The molecule has 0 aromatic heterocycles. The number of halogens is 2. The van der Waals surface area contributed by atoms with Gasteiger partial charge in [0.2, 0.25) is 0 Å². The van der Waals surface area contributed by atoms with Crippen molar-refractivity contribution in [1.82, 2.24) is 4.90 Å². The van der Waals surface area contributed by atoms with Gasteiger partial charge >= 0.3 is 5.97 Å². The summed E-state index contributed by atoms with van der Waals surface area (Å²) >= 11 is 0. The maximum Gasteiger partial charge on any atom is 0.306 e. The molecule has 0 spiro atoms. The lowest BCUT2D eigenvalue weighted by Gasteiger charge is -2.24. The summed E-state index contributed by atoms with van der Waals surface area (Å²) in [5, 5.41) is 0. The van der Waals surface area contributed by atoms with Gasteiger partial charge in [0.1, 0.15) is 12.2 Å². The molecule has 0 saturated carbocycles. The molecule has 0 radical (unpaired) electrons. The van der Waals surface area contributed by atoms with E-state index < -0.39 is 18.1 Å². The van der Waals surface area contributed by atoms with Crippen LogP contribution in [-0.4, -0.2) is 49.2 Å². The van der Waals surface area contributed by atoms with Gasteiger partial charge < -0.3 is 9.47 Å². The lowest BCUT2D eigenvalue weighted by molar-refractivity contribution is -0.155. The first-order valence-corrected chi connectivity index (χ1v) is 8.47. The van der Waals surface area contributed by atoms with E-state index in [1.807, 2.05) is 30.3 Å². The zero-order chi connectivity index (χ0) is 18.9. The van der Waals surface area contributed by atoms with Crippen LogP contribution in [-0.2, 0) is 20.8 Å². The fourth-order valence-corrected chi connectivity index (χ4v) is 2.32. The van der Waals surface area contributed by atoms with Crippen LogP contribution in [0.15, 0.2) is 30.3 Å². The first kappa shape index (κ1) is 21.5. The van der Waals surface area contributed by atoms with E-state index in [4.69, 9.17) is 9.47 Å². The zero-order valence-corrected chi connectivity index (χ0v) is 15.6. The molecule has 6 heteroatoms. The number of benzene rings is 1. The van der Waals surface area contributed by atoms with Crippen molar-refractivity contribution in [2.75, 3.05) is 26.8 Å². The van der Waals surface area contributed by atoms with Crippen molar-refractivity contribution in [3.8, 4) is 0 Å². The largest absolute Gasteiger partial charge is 0.460 e. The van der Waals surface area contributed by atoms with Gasteiger partial charge in [-0.25, -0.2) is 8.78 Å². The fraction of sp³-hybridized carbons (Fsp3) is 0.632. The Kier molecular flexibility index (Phi) is 8.45. The third kappa shape index (κ3) is 10.8. The van der Waals surface area contributed by atoms with Crippen molar-refractivity contribution >= 4 is 5.97 Å². The highest BCUT2D eigenvalue weighted by Crippen LogP contribution is 2.17. The minimum Gasteiger partial charge on any atom is -0.460 e. The summed E-state index contributed by atoms with van der Waals surface area (Å²) in [4.78, 5) is 13.1. The number of nitrogens with zero attached hydrogens (tertiary/aromatic N) is 1. The van der Waals surface area contributed by atoms with Crippen LogP contribution in [0.2, 0.25) is 0 Å². The minimum atomic E-state index is -2.94. The van der Waals surface area contributed by atoms with Crippen LogP contribution >= 0.6 is 0 Å². The Morgan fingerprint density at radius 3 is 2.40 bits per heavy atom. The van der Waals surface area contributed by atoms with Crippen LogP contribution in [0, 0.1) is 0 Å². The van der Waals surface area contributed by atoms with Crippen molar-refractivity contribution in [1.29, 1.82) is 0 Å². The molecular weight excluding hydrogens is 328 g/mol. The summed E-state index contributed by atoms with van der Waals surface area (Å²) < 4.78 is 38.0. The van der Waals surface area contributed by atoms with Gasteiger partial charge in [0.05, 0.1) is 6.54 Å². The zero-order valence-electron chi connectivity index (χ0n) is 15.6. The molecule has 1 rings (SSSR count). The van der Waals surface area contributed by atoms with Crippen LogP contribution in [0.1, 0.15) is 39.2 Å². The molecule has 0 aliphatic carbocycles. The van der Waals surface area contributed by atoms with Gasteiger partial charge in [-0.15, -0.1) is 0 Å². The Morgan fingerprint density at radius 1 is 1.16 bits per heavy atom. The monoisotopic (exact) mass is 357 g/mol. The van der Waals surface area contributed by atoms with Gasteiger partial charge in [-0.3, -0.25) is 9.69 Å². The molecule has 0 heterocycles. The third-order valence-electron chi connectivity index (χ3n) is 3.20. The summed E-state index contributed by atoms with van der Waals surface area (Å²) in [6.07, 6.45) is 0.529. The lowest BCUT2D eigenvalue weighted by Crippen LogP contribution is -2.37. The van der Waals surface area contributed by atoms with Crippen LogP contribution in [0.3, 0.4) is 0 Å². The molecule has 0 bridgehead atoms. The third-order valence-corrected chi connectivity index (χ3v) is 3.20.